The van der Waals surface area contributed by atoms with Crippen LogP contribution in [0.25, 0.3) is 0 Å². The third-order valence-electron chi connectivity index (χ3n) is 4.41. The van der Waals surface area contributed by atoms with Crippen LogP contribution in [-0.4, -0.2) is 39.9 Å². The van der Waals surface area contributed by atoms with Gasteiger partial charge in [0.2, 0.25) is 0 Å². The van der Waals surface area contributed by atoms with E-state index in [1.807, 2.05) is 0 Å². The Hall–Kier alpha value is -0.742. The van der Waals surface area contributed by atoms with Gasteiger partial charge in [-0.25, -0.2) is 0 Å². The standard InChI is InChI=1S/C17H21AsCl2N2O3/c18-12(8-10-4-2-1-3-5-10)15(23)17(25)22-21-16(24)11-6-7-13(19)14(20)9-11/h6-7,9-10,12,15,23H,1-5,8H2,(H,21,24)(H,22,25)/t12-,15?/m1/s1. The van der Waals surface area contributed by atoms with Gasteiger partial charge >= 0.3 is 166 Å². The van der Waals surface area contributed by atoms with Gasteiger partial charge in [0, 0.05) is 0 Å². The quantitative estimate of drug-likeness (QED) is 0.480. The zero-order valence-corrected chi connectivity index (χ0v) is 17.1. The molecule has 0 bridgehead atoms. The fraction of sp³-hybridized carbons (Fsp3) is 0.529. The number of carbonyl (C=O) groups excluding carboxylic acids is 2. The monoisotopic (exact) mass is 446 g/mol. The van der Waals surface area contributed by atoms with E-state index in [-0.39, 0.29) is 15.3 Å². The minimum atomic E-state index is -1.18. The summed E-state index contributed by atoms with van der Waals surface area (Å²) in [4.78, 5) is 24.1. The molecule has 5 nitrogen and oxygen atoms in total. The first-order valence-corrected chi connectivity index (χ1v) is 10.1. The molecular formula is C17H21AsCl2N2O3. The van der Waals surface area contributed by atoms with Crippen molar-refractivity contribution in [3.8, 4) is 0 Å². The summed E-state index contributed by atoms with van der Waals surface area (Å²) < 4.78 is -0.225. The van der Waals surface area contributed by atoms with E-state index in [4.69, 9.17) is 23.2 Å². The molecule has 0 saturated heterocycles. The molecule has 0 spiro atoms. The maximum atomic E-state index is 12.0. The zero-order chi connectivity index (χ0) is 18.4. The van der Waals surface area contributed by atoms with Crippen molar-refractivity contribution in [3.05, 3.63) is 33.8 Å². The van der Waals surface area contributed by atoms with Crippen molar-refractivity contribution in [1.82, 2.24) is 10.9 Å². The van der Waals surface area contributed by atoms with Crippen LogP contribution in [0.5, 0.6) is 0 Å². The molecule has 0 heterocycles. The number of hydrazine groups is 1. The number of amides is 2. The molecule has 2 atom stereocenters. The van der Waals surface area contributed by atoms with E-state index >= 15 is 0 Å². The van der Waals surface area contributed by atoms with Gasteiger partial charge in [-0.15, -0.1) is 0 Å². The van der Waals surface area contributed by atoms with Crippen LogP contribution in [0.2, 0.25) is 14.8 Å². The average molecular weight is 447 g/mol. The molecule has 8 heteroatoms. The van der Waals surface area contributed by atoms with E-state index in [1.165, 1.54) is 37.5 Å². The van der Waals surface area contributed by atoms with Gasteiger partial charge in [-0.1, -0.05) is 0 Å². The molecule has 25 heavy (non-hydrogen) atoms. The number of hydrogen-bond acceptors (Lipinski definition) is 3. The molecule has 1 fully saturated rings. The second-order valence-electron chi connectivity index (χ2n) is 6.32. The number of carbonyl (C=O) groups is 2. The summed E-state index contributed by atoms with van der Waals surface area (Å²) in [7, 11) is 0. The van der Waals surface area contributed by atoms with Crippen LogP contribution in [0.3, 0.4) is 0 Å². The van der Waals surface area contributed by atoms with E-state index in [2.05, 4.69) is 27.7 Å². The second-order valence-corrected chi connectivity index (χ2v) is 8.53. The number of hydrogen-bond donors (Lipinski definition) is 3. The molecular weight excluding hydrogens is 426 g/mol. The van der Waals surface area contributed by atoms with E-state index in [0.29, 0.717) is 10.9 Å². The number of benzene rings is 1. The Morgan fingerprint density at radius 2 is 1.84 bits per heavy atom. The van der Waals surface area contributed by atoms with Crippen LogP contribution < -0.4 is 10.9 Å². The van der Waals surface area contributed by atoms with Gasteiger partial charge in [0.25, 0.3) is 0 Å². The summed E-state index contributed by atoms with van der Waals surface area (Å²) in [5.41, 5.74) is 4.80. The van der Waals surface area contributed by atoms with Gasteiger partial charge in [0.15, 0.2) is 0 Å². The Kier molecular flexibility index (Phi) is 8.08. The summed E-state index contributed by atoms with van der Waals surface area (Å²) in [6.45, 7) is 0. The average Bonchev–Trinajstić information content (AvgIpc) is 2.61. The Balaban J connectivity index is 1.81. The van der Waals surface area contributed by atoms with Crippen LogP contribution in [0.1, 0.15) is 48.9 Å². The predicted octanol–water partition coefficient (Wildman–Crippen LogP) is 3.04. The summed E-state index contributed by atoms with van der Waals surface area (Å²) in [5.74, 6) is -0.612. The maximum absolute atomic E-state index is 12.0. The van der Waals surface area contributed by atoms with Crippen LogP contribution in [0.4, 0.5) is 0 Å². The van der Waals surface area contributed by atoms with Crippen molar-refractivity contribution in [3.63, 3.8) is 0 Å². The van der Waals surface area contributed by atoms with Crippen molar-refractivity contribution in [2.45, 2.75) is 49.3 Å². The van der Waals surface area contributed by atoms with Crippen molar-refractivity contribution >= 4 is 51.9 Å². The van der Waals surface area contributed by atoms with Crippen LogP contribution in [0, 0.1) is 5.92 Å². The third kappa shape index (κ3) is 6.17. The fourth-order valence-electron chi connectivity index (χ4n) is 2.97. The van der Waals surface area contributed by atoms with Gasteiger partial charge in [-0.2, -0.15) is 0 Å². The van der Waals surface area contributed by atoms with Gasteiger partial charge in [-0.3, -0.25) is 0 Å². The number of aliphatic hydroxyl groups excluding tert-OH is 1. The summed E-state index contributed by atoms with van der Waals surface area (Å²) in [6.07, 6.45) is 5.60. The molecule has 2 amide bonds. The van der Waals surface area contributed by atoms with Crippen molar-refractivity contribution in [2.75, 3.05) is 0 Å². The molecule has 1 unspecified atom stereocenters. The van der Waals surface area contributed by atoms with Gasteiger partial charge in [0.05, 0.1) is 0 Å². The molecule has 2 radical (unpaired) electrons. The Morgan fingerprint density at radius 1 is 1.16 bits per heavy atom. The molecule has 0 aliphatic heterocycles. The first kappa shape index (κ1) is 20.6. The normalized spacial score (nSPS) is 17.6. The summed E-state index contributed by atoms with van der Waals surface area (Å²) in [6, 6.07) is 4.40. The van der Waals surface area contributed by atoms with E-state index in [0.717, 1.165) is 19.3 Å². The Morgan fingerprint density at radius 3 is 2.48 bits per heavy atom. The summed E-state index contributed by atoms with van der Waals surface area (Å²) >= 11 is 14.0. The number of rotatable bonds is 5. The molecule has 1 saturated carbocycles. The number of halogens is 2. The van der Waals surface area contributed by atoms with Crippen LogP contribution in [0.15, 0.2) is 18.2 Å². The third-order valence-corrected chi connectivity index (χ3v) is 6.19. The molecule has 1 aromatic carbocycles. The Labute approximate surface area is 166 Å². The van der Waals surface area contributed by atoms with Gasteiger partial charge < -0.3 is 0 Å². The van der Waals surface area contributed by atoms with Crippen molar-refractivity contribution in [1.29, 1.82) is 0 Å². The molecule has 1 aromatic rings. The zero-order valence-electron chi connectivity index (χ0n) is 13.7. The SMILES string of the molecule is O=C(NNC(=O)C(O)[C@H]([As])CC1CCCCC1)c1ccc(Cl)c(Cl)c1. The summed E-state index contributed by atoms with van der Waals surface area (Å²) in [5, 5.41) is 10.8. The molecule has 0 aromatic heterocycles. The van der Waals surface area contributed by atoms with Crippen molar-refractivity contribution in [2.24, 2.45) is 5.92 Å². The molecule has 3 N–H and O–H groups in total. The minimum absolute atomic E-state index is 0.225. The van der Waals surface area contributed by atoms with E-state index < -0.39 is 17.9 Å². The number of aliphatic hydroxyl groups is 1. The topological polar surface area (TPSA) is 78.4 Å². The first-order chi connectivity index (χ1) is 11.9. The first-order valence-electron chi connectivity index (χ1n) is 8.30. The fourth-order valence-corrected chi connectivity index (χ4v) is 4.18. The van der Waals surface area contributed by atoms with Crippen LogP contribution in [-0.2, 0) is 4.79 Å². The van der Waals surface area contributed by atoms with Gasteiger partial charge in [0.1, 0.15) is 0 Å². The predicted molar refractivity (Wildman–Crippen MR) is 98.8 cm³/mol. The van der Waals surface area contributed by atoms with Crippen molar-refractivity contribution < 1.29 is 14.7 Å². The van der Waals surface area contributed by atoms with E-state index in [1.54, 1.807) is 0 Å². The molecule has 1 aliphatic carbocycles. The van der Waals surface area contributed by atoms with Gasteiger partial charge in [-0.05, 0) is 0 Å². The Bertz CT molecular complexity index is 624. The molecule has 1 aliphatic rings. The molecule has 136 valence electrons. The molecule has 2 rings (SSSR count). The van der Waals surface area contributed by atoms with E-state index in [9.17, 15) is 14.7 Å². The van der Waals surface area contributed by atoms with Crippen LogP contribution >= 0.6 is 23.2 Å². The second kappa shape index (κ2) is 9.82. The number of nitrogens with one attached hydrogen (secondary N) is 2.